The maximum absolute atomic E-state index is 11.3. The van der Waals surface area contributed by atoms with Crippen LogP contribution in [0, 0.1) is 0 Å². The van der Waals surface area contributed by atoms with Gasteiger partial charge in [-0.15, -0.1) is 0 Å². The molecule has 0 aliphatic carbocycles. The first-order valence-corrected chi connectivity index (χ1v) is 11.2. The minimum absolute atomic E-state index is 0.512. The minimum atomic E-state index is -0.625. The van der Waals surface area contributed by atoms with Crippen LogP contribution in [0.5, 0.6) is 5.75 Å². The molecule has 0 radical (unpaired) electrons. The number of fused-ring (bicyclic) bond motifs is 3. The third kappa shape index (κ3) is 4.54. The van der Waals surface area contributed by atoms with E-state index in [1.165, 1.54) is 5.39 Å². The lowest BCUT2D eigenvalue weighted by Gasteiger charge is -2.26. The smallest absolute Gasteiger partial charge is 0.123 e. The topological polar surface area (TPSA) is 58.7 Å². The molecule has 0 saturated carbocycles. The number of nitrogen functional groups attached to an aromatic ring is 1. The molecule has 0 heterocycles. The van der Waals surface area contributed by atoms with Crippen molar-refractivity contribution in [3.63, 3.8) is 0 Å². The Labute approximate surface area is 191 Å². The van der Waals surface area contributed by atoms with Gasteiger partial charge in [-0.3, -0.25) is 4.90 Å². The number of hydrogen-bond acceptors (Lipinski definition) is 4. The second kappa shape index (κ2) is 9.27. The molecule has 31 heavy (non-hydrogen) atoms. The molecular weight excluding hydrogens is 452 g/mol. The Hall–Kier alpha value is -2.60. The Morgan fingerprint density at radius 3 is 2.58 bits per heavy atom. The number of hydrogen-bond donors (Lipinski definition) is 2. The average molecular weight is 479 g/mol. The number of nitrogens with zero attached hydrogens (tertiary/aromatic N) is 1. The quantitative estimate of drug-likeness (QED) is 0.256. The molecule has 1 atom stereocenters. The molecule has 0 amide bonds. The number of benzene rings is 4. The number of likely N-dealkylation sites (N-methyl/N-ethyl adjacent to an activating group) is 1. The summed E-state index contributed by atoms with van der Waals surface area (Å²) >= 11 is 3.59. The molecule has 3 N–H and O–H groups in total. The molecule has 4 rings (SSSR count). The van der Waals surface area contributed by atoms with E-state index in [0.717, 1.165) is 44.1 Å². The molecular formula is C26H27BrN2O2. The van der Waals surface area contributed by atoms with Gasteiger partial charge in [0.2, 0.25) is 0 Å². The lowest BCUT2D eigenvalue weighted by molar-refractivity contribution is 0.113. The second-order valence-corrected chi connectivity index (χ2v) is 8.71. The summed E-state index contributed by atoms with van der Waals surface area (Å²) in [6.07, 6.45) is -0.625. The van der Waals surface area contributed by atoms with Gasteiger partial charge in [-0.05, 0) is 70.1 Å². The van der Waals surface area contributed by atoms with E-state index in [4.69, 9.17) is 10.5 Å². The van der Waals surface area contributed by atoms with Crippen LogP contribution in [0.3, 0.4) is 0 Å². The number of aliphatic hydroxyl groups excluding tert-OH is 1. The molecule has 0 spiro atoms. The molecule has 0 saturated heterocycles. The Kier molecular flexibility index (Phi) is 6.46. The number of methoxy groups -OCH3 is 1. The van der Waals surface area contributed by atoms with Crippen LogP contribution >= 0.6 is 15.9 Å². The van der Waals surface area contributed by atoms with E-state index in [1.54, 1.807) is 7.11 Å². The Morgan fingerprint density at radius 1 is 1.00 bits per heavy atom. The molecule has 160 valence electrons. The van der Waals surface area contributed by atoms with E-state index in [0.29, 0.717) is 18.8 Å². The highest BCUT2D eigenvalue weighted by atomic mass is 79.9. The van der Waals surface area contributed by atoms with E-state index in [1.807, 2.05) is 30.3 Å². The highest BCUT2D eigenvalue weighted by Crippen LogP contribution is 2.34. The monoisotopic (exact) mass is 478 g/mol. The van der Waals surface area contributed by atoms with Gasteiger partial charge in [0.25, 0.3) is 0 Å². The first-order valence-electron chi connectivity index (χ1n) is 10.4. The minimum Gasteiger partial charge on any atom is -0.496 e. The summed E-state index contributed by atoms with van der Waals surface area (Å²) in [4.78, 5) is 2.21. The van der Waals surface area contributed by atoms with Gasteiger partial charge in [0.05, 0.1) is 13.2 Å². The number of halogens is 1. The number of rotatable bonds is 7. The van der Waals surface area contributed by atoms with Crippen molar-refractivity contribution >= 4 is 43.2 Å². The van der Waals surface area contributed by atoms with Crippen LogP contribution in [0.1, 0.15) is 24.2 Å². The summed E-state index contributed by atoms with van der Waals surface area (Å²) in [5, 5.41) is 15.8. The van der Waals surface area contributed by atoms with Gasteiger partial charge in [-0.1, -0.05) is 53.2 Å². The van der Waals surface area contributed by atoms with E-state index in [-0.39, 0.29) is 0 Å². The number of anilines is 1. The second-order valence-electron chi connectivity index (χ2n) is 7.79. The van der Waals surface area contributed by atoms with Crippen molar-refractivity contribution in [2.24, 2.45) is 0 Å². The van der Waals surface area contributed by atoms with Crippen molar-refractivity contribution < 1.29 is 9.84 Å². The number of aliphatic hydroxyl groups is 1. The molecule has 0 aromatic heterocycles. The van der Waals surface area contributed by atoms with Crippen molar-refractivity contribution in [3.05, 3.63) is 82.3 Å². The van der Waals surface area contributed by atoms with Crippen LogP contribution in [0.15, 0.2) is 71.2 Å². The zero-order valence-electron chi connectivity index (χ0n) is 17.8. The SMILES string of the molecule is CCN(Cc1cc(N)ccc1OC)CC(O)c1cc2ccccc2c2cc(Br)ccc12. The predicted octanol–water partition coefficient (Wildman–Crippen LogP) is 5.90. The summed E-state index contributed by atoms with van der Waals surface area (Å²) in [6.45, 7) is 4.06. The van der Waals surface area contributed by atoms with Gasteiger partial charge < -0.3 is 15.6 Å². The van der Waals surface area contributed by atoms with Crippen molar-refractivity contribution in [1.82, 2.24) is 4.90 Å². The molecule has 4 aromatic rings. The molecule has 5 heteroatoms. The zero-order chi connectivity index (χ0) is 22.0. The summed E-state index contributed by atoms with van der Waals surface area (Å²) in [7, 11) is 1.67. The van der Waals surface area contributed by atoms with Gasteiger partial charge >= 0.3 is 0 Å². The molecule has 0 fully saturated rings. The highest BCUT2D eigenvalue weighted by Gasteiger charge is 2.18. The zero-order valence-corrected chi connectivity index (χ0v) is 19.4. The summed E-state index contributed by atoms with van der Waals surface area (Å²) in [5.74, 6) is 0.808. The third-order valence-corrected chi connectivity index (χ3v) is 6.28. The van der Waals surface area contributed by atoms with E-state index < -0.39 is 6.10 Å². The van der Waals surface area contributed by atoms with E-state index in [9.17, 15) is 5.11 Å². The molecule has 0 aliphatic heterocycles. The lowest BCUT2D eigenvalue weighted by Crippen LogP contribution is -2.28. The first-order chi connectivity index (χ1) is 15.0. The first kappa shape index (κ1) is 21.6. The predicted molar refractivity (Wildman–Crippen MR) is 132 cm³/mol. The van der Waals surface area contributed by atoms with Crippen molar-refractivity contribution in [1.29, 1.82) is 0 Å². The van der Waals surface area contributed by atoms with Crippen LogP contribution in [-0.4, -0.2) is 30.2 Å². The Bertz CT molecular complexity index is 1220. The van der Waals surface area contributed by atoms with Crippen LogP contribution in [-0.2, 0) is 6.54 Å². The largest absolute Gasteiger partial charge is 0.496 e. The summed E-state index contributed by atoms with van der Waals surface area (Å²) in [5.41, 5.74) is 8.66. The summed E-state index contributed by atoms with van der Waals surface area (Å²) < 4.78 is 6.53. The van der Waals surface area contributed by atoms with Crippen molar-refractivity contribution in [2.45, 2.75) is 19.6 Å². The Morgan fingerprint density at radius 2 is 1.81 bits per heavy atom. The number of nitrogens with two attached hydrogens (primary N) is 1. The van der Waals surface area contributed by atoms with Crippen LogP contribution in [0.2, 0.25) is 0 Å². The maximum atomic E-state index is 11.3. The molecule has 0 bridgehead atoms. The maximum Gasteiger partial charge on any atom is 0.123 e. The standard InChI is InChI=1S/C26H27BrN2O2/c1-3-29(15-18-12-20(28)9-11-26(18)31-2)16-25(30)24-13-17-6-4-5-7-21(17)23-14-19(27)8-10-22(23)24/h4-14,25,30H,3,15-16,28H2,1-2H3. The molecule has 0 aliphatic rings. The third-order valence-electron chi connectivity index (χ3n) is 5.79. The summed E-state index contributed by atoms with van der Waals surface area (Å²) in [6, 6.07) is 22.3. The highest BCUT2D eigenvalue weighted by molar-refractivity contribution is 9.10. The van der Waals surface area contributed by atoms with Crippen LogP contribution < -0.4 is 10.5 Å². The van der Waals surface area contributed by atoms with E-state index in [2.05, 4.69) is 64.2 Å². The molecule has 1 unspecified atom stereocenters. The number of ether oxygens (including phenoxy) is 1. The van der Waals surface area contributed by atoms with Crippen LogP contribution in [0.4, 0.5) is 5.69 Å². The Balaban J connectivity index is 1.68. The van der Waals surface area contributed by atoms with Gasteiger partial charge in [0.15, 0.2) is 0 Å². The van der Waals surface area contributed by atoms with Gasteiger partial charge in [-0.25, -0.2) is 0 Å². The van der Waals surface area contributed by atoms with Crippen LogP contribution in [0.25, 0.3) is 21.5 Å². The lowest BCUT2D eigenvalue weighted by atomic mass is 9.94. The van der Waals surface area contributed by atoms with Crippen molar-refractivity contribution in [2.75, 3.05) is 25.9 Å². The normalized spacial score (nSPS) is 12.5. The van der Waals surface area contributed by atoms with Gasteiger partial charge in [0.1, 0.15) is 5.75 Å². The fraction of sp³-hybridized carbons (Fsp3) is 0.231. The average Bonchev–Trinajstić information content (AvgIpc) is 2.78. The van der Waals surface area contributed by atoms with Gasteiger partial charge in [-0.2, -0.15) is 0 Å². The fourth-order valence-electron chi connectivity index (χ4n) is 4.19. The fourth-order valence-corrected chi connectivity index (χ4v) is 4.55. The molecule has 4 aromatic carbocycles. The van der Waals surface area contributed by atoms with E-state index >= 15 is 0 Å². The molecule has 4 nitrogen and oxygen atoms in total. The van der Waals surface area contributed by atoms with Crippen molar-refractivity contribution in [3.8, 4) is 5.75 Å². The van der Waals surface area contributed by atoms with Gasteiger partial charge in [0, 0.05) is 28.8 Å².